The van der Waals surface area contributed by atoms with E-state index in [0.717, 1.165) is 11.1 Å². The normalized spacial score (nSPS) is 21.4. The monoisotopic (exact) mass is 208 g/mol. The lowest BCUT2D eigenvalue weighted by Crippen LogP contribution is -1.91. The number of hydrogen-bond acceptors (Lipinski definition) is 2. The van der Waals surface area contributed by atoms with Gasteiger partial charge in [0.15, 0.2) is 0 Å². The van der Waals surface area contributed by atoms with Crippen molar-refractivity contribution in [1.29, 1.82) is 0 Å². The molecule has 0 spiro atoms. The largest absolute Gasteiger partial charge is 0.507 e. The van der Waals surface area contributed by atoms with E-state index < -0.39 is 0 Å². The van der Waals surface area contributed by atoms with E-state index in [2.05, 4.69) is 12.1 Å². The van der Waals surface area contributed by atoms with Crippen LogP contribution in [0.25, 0.3) is 0 Å². The van der Waals surface area contributed by atoms with Gasteiger partial charge in [0.1, 0.15) is 5.75 Å². The van der Waals surface area contributed by atoms with Crippen LogP contribution in [0.2, 0.25) is 0 Å². The zero-order valence-corrected chi connectivity index (χ0v) is 9.53. The molecule has 1 aliphatic rings. The van der Waals surface area contributed by atoms with E-state index in [9.17, 15) is 5.11 Å². The number of thioether (sulfide) groups is 1. The Kier molecular flexibility index (Phi) is 2.73. The minimum absolute atomic E-state index is 0.455. The van der Waals surface area contributed by atoms with Crippen molar-refractivity contribution in [3.05, 3.63) is 28.8 Å². The Morgan fingerprint density at radius 1 is 1.29 bits per heavy atom. The van der Waals surface area contributed by atoms with E-state index in [0.29, 0.717) is 11.0 Å². The molecule has 2 rings (SSSR count). The molecule has 0 radical (unpaired) electrons. The van der Waals surface area contributed by atoms with Crippen LogP contribution in [0.5, 0.6) is 5.75 Å². The van der Waals surface area contributed by atoms with Crippen molar-refractivity contribution in [1.82, 2.24) is 0 Å². The molecule has 14 heavy (non-hydrogen) atoms. The maximum absolute atomic E-state index is 9.67. The second kappa shape index (κ2) is 3.85. The highest BCUT2D eigenvalue weighted by atomic mass is 32.2. The van der Waals surface area contributed by atoms with Crippen LogP contribution >= 0.6 is 11.8 Å². The summed E-state index contributed by atoms with van der Waals surface area (Å²) in [6.45, 7) is 3.96. The summed E-state index contributed by atoms with van der Waals surface area (Å²) < 4.78 is 0. The highest BCUT2D eigenvalue weighted by Gasteiger charge is 2.18. The first-order valence-electron chi connectivity index (χ1n) is 5.10. The number of aryl methyl sites for hydroxylation is 2. The van der Waals surface area contributed by atoms with Gasteiger partial charge in [-0.25, -0.2) is 0 Å². The van der Waals surface area contributed by atoms with Crippen molar-refractivity contribution in [3.63, 3.8) is 0 Å². The molecular formula is C12H16OS. The van der Waals surface area contributed by atoms with E-state index in [-0.39, 0.29) is 0 Å². The molecule has 0 saturated carbocycles. The summed E-state index contributed by atoms with van der Waals surface area (Å²) in [4.78, 5) is 0. The van der Waals surface area contributed by atoms with Gasteiger partial charge >= 0.3 is 0 Å². The Morgan fingerprint density at radius 2 is 1.93 bits per heavy atom. The van der Waals surface area contributed by atoms with E-state index in [1.54, 1.807) is 0 Å². The first kappa shape index (κ1) is 9.91. The molecule has 1 atom stereocenters. The lowest BCUT2D eigenvalue weighted by Gasteiger charge is -2.12. The fourth-order valence-corrected chi connectivity index (χ4v) is 3.30. The topological polar surface area (TPSA) is 20.2 Å². The van der Waals surface area contributed by atoms with Crippen molar-refractivity contribution in [2.24, 2.45) is 0 Å². The molecule has 1 aromatic rings. The number of phenolic OH excluding ortho intramolecular Hbond substituents is 1. The number of phenols is 1. The number of benzene rings is 1. The average Bonchev–Trinajstić information content (AvgIpc) is 2.66. The molecule has 0 aromatic heterocycles. The highest BCUT2D eigenvalue weighted by Crippen LogP contribution is 2.41. The number of rotatable bonds is 1. The van der Waals surface area contributed by atoms with Gasteiger partial charge in [0.05, 0.1) is 0 Å². The van der Waals surface area contributed by atoms with Crippen molar-refractivity contribution in [2.75, 3.05) is 5.75 Å². The van der Waals surface area contributed by atoms with Gasteiger partial charge in [0.2, 0.25) is 0 Å². The van der Waals surface area contributed by atoms with Crippen LogP contribution in [0.1, 0.15) is 34.8 Å². The minimum atomic E-state index is 0.455. The maximum atomic E-state index is 9.67. The molecule has 1 unspecified atom stereocenters. The van der Waals surface area contributed by atoms with Gasteiger partial charge in [-0.2, -0.15) is 11.8 Å². The maximum Gasteiger partial charge on any atom is 0.121 e. The minimum Gasteiger partial charge on any atom is -0.507 e. The van der Waals surface area contributed by atoms with Crippen LogP contribution < -0.4 is 0 Å². The van der Waals surface area contributed by atoms with Crippen LogP contribution in [0, 0.1) is 13.8 Å². The predicted octanol–water partition coefficient (Wildman–Crippen LogP) is 3.58. The van der Waals surface area contributed by atoms with Crippen molar-refractivity contribution in [2.45, 2.75) is 31.9 Å². The molecular weight excluding hydrogens is 192 g/mol. The SMILES string of the molecule is Cc1cc(C2CCCS2)cc(C)c1O. The Morgan fingerprint density at radius 3 is 2.43 bits per heavy atom. The fourth-order valence-electron chi connectivity index (χ4n) is 2.02. The third-order valence-electron chi connectivity index (χ3n) is 2.81. The standard InChI is InChI=1S/C12H16OS/c1-8-6-10(7-9(2)12(8)13)11-4-3-5-14-11/h6-7,11,13H,3-5H2,1-2H3. The lowest BCUT2D eigenvalue weighted by molar-refractivity contribution is 0.466. The van der Waals surface area contributed by atoms with Gasteiger partial charge in [-0.1, -0.05) is 12.1 Å². The molecule has 1 fully saturated rings. The highest BCUT2D eigenvalue weighted by molar-refractivity contribution is 7.99. The zero-order chi connectivity index (χ0) is 10.1. The molecule has 0 aliphatic carbocycles. The molecule has 76 valence electrons. The van der Waals surface area contributed by atoms with Gasteiger partial charge in [-0.15, -0.1) is 0 Å². The van der Waals surface area contributed by atoms with E-state index in [1.165, 1.54) is 24.2 Å². The molecule has 0 bridgehead atoms. The molecule has 2 heteroatoms. The Balaban J connectivity index is 2.34. The summed E-state index contributed by atoms with van der Waals surface area (Å²) in [7, 11) is 0. The molecule has 1 aliphatic heterocycles. The molecule has 0 amide bonds. The molecule has 1 N–H and O–H groups in total. The lowest BCUT2D eigenvalue weighted by atomic mass is 10.0. The van der Waals surface area contributed by atoms with E-state index in [1.807, 2.05) is 25.6 Å². The molecule has 1 saturated heterocycles. The van der Waals surface area contributed by atoms with Crippen LogP contribution in [0.4, 0.5) is 0 Å². The zero-order valence-electron chi connectivity index (χ0n) is 8.71. The van der Waals surface area contributed by atoms with Crippen LogP contribution in [-0.2, 0) is 0 Å². The molecule has 1 nitrogen and oxygen atoms in total. The summed E-state index contributed by atoms with van der Waals surface area (Å²) in [6, 6.07) is 4.26. The van der Waals surface area contributed by atoms with Crippen LogP contribution in [0.15, 0.2) is 12.1 Å². The summed E-state index contributed by atoms with van der Waals surface area (Å²) in [5, 5.41) is 10.3. The molecule has 1 heterocycles. The third kappa shape index (κ3) is 1.76. The van der Waals surface area contributed by atoms with E-state index in [4.69, 9.17) is 0 Å². The number of hydrogen-bond donors (Lipinski definition) is 1. The van der Waals surface area contributed by atoms with Gasteiger partial charge in [0, 0.05) is 5.25 Å². The molecule has 1 aromatic carbocycles. The quantitative estimate of drug-likeness (QED) is 0.761. The fraction of sp³-hybridized carbons (Fsp3) is 0.500. The van der Waals surface area contributed by atoms with E-state index >= 15 is 0 Å². The third-order valence-corrected chi connectivity index (χ3v) is 4.25. The van der Waals surface area contributed by atoms with Crippen LogP contribution in [-0.4, -0.2) is 10.9 Å². The smallest absolute Gasteiger partial charge is 0.121 e. The Labute approximate surface area is 89.5 Å². The first-order chi connectivity index (χ1) is 6.68. The summed E-state index contributed by atoms with van der Waals surface area (Å²) in [5.74, 6) is 1.74. The van der Waals surface area contributed by atoms with Gasteiger partial charge in [0.25, 0.3) is 0 Å². The van der Waals surface area contributed by atoms with Gasteiger partial charge in [-0.05, 0) is 49.1 Å². The Bertz CT molecular complexity index is 317. The average molecular weight is 208 g/mol. The Hall–Kier alpha value is -0.630. The second-order valence-corrected chi connectivity index (χ2v) is 5.32. The summed E-state index contributed by atoms with van der Waals surface area (Å²) in [6.07, 6.45) is 2.61. The van der Waals surface area contributed by atoms with Crippen molar-refractivity contribution >= 4 is 11.8 Å². The van der Waals surface area contributed by atoms with Crippen molar-refractivity contribution in [3.8, 4) is 5.75 Å². The number of aromatic hydroxyl groups is 1. The summed E-state index contributed by atoms with van der Waals surface area (Å²) in [5.41, 5.74) is 3.40. The van der Waals surface area contributed by atoms with Gasteiger partial charge in [-0.3, -0.25) is 0 Å². The van der Waals surface area contributed by atoms with Crippen molar-refractivity contribution < 1.29 is 5.11 Å². The van der Waals surface area contributed by atoms with Gasteiger partial charge < -0.3 is 5.11 Å². The predicted molar refractivity (Wildman–Crippen MR) is 62.0 cm³/mol. The summed E-state index contributed by atoms with van der Waals surface area (Å²) >= 11 is 2.04. The second-order valence-electron chi connectivity index (χ2n) is 4.00. The van der Waals surface area contributed by atoms with Crippen LogP contribution in [0.3, 0.4) is 0 Å². The first-order valence-corrected chi connectivity index (χ1v) is 6.15.